The van der Waals surface area contributed by atoms with E-state index in [0.717, 1.165) is 6.07 Å². The van der Waals surface area contributed by atoms with Crippen LogP contribution in [0.25, 0.3) is 0 Å². The second-order valence-corrected chi connectivity index (χ2v) is 9.55. The highest BCUT2D eigenvalue weighted by molar-refractivity contribution is 8.26. The molecule has 0 bridgehead atoms. The van der Waals surface area contributed by atoms with Gasteiger partial charge in [-0.05, 0) is 60.3 Å². The van der Waals surface area contributed by atoms with E-state index in [1.807, 2.05) is 0 Å². The molecule has 2 atom stereocenters. The van der Waals surface area contributed by atoms with Crippen molar-refractivity contribution in [3.8, 4) is 0 Å². The quantitative estimate of drug-likeness (QED) is 0.229. The van der Waals surface area contributed by atoms with Gasteiger partial charge in [0.1, 0.15) is 11.4 Å². The van der Waals surface area contributed by atoms with Crippen LogP contribution in [0.3, 0.4) is 0 Å². The van der Waals surface area contributed by atoms with Gasteiger partial charge in [0.15, 0.2) is 0 Å². The third-order valence-corrected chi connectivity index (χ3v) is 3.73. The van der Waals surface area contributed by atoms with Crippen molar-refractivity contribution in [3.05, 3.63) is 59.2 Å². The largest absolute Gasteiger partial charge is 0.389 e. The lowest BCUT2D eigenvalue weighted by molar-refractivity contribution is 0.0893. The number of aliphatic hydroxyl groups excluding tert-OH is 1. The van der Waals surface area contributed by atoms with E-state index in [-0.39, 0.29) is 14.2 Å². The Hall–Kier alpha value is -0.420. The number of aromatic nitrogens is 2. The van der Waals surface area contributed by atoms with E-state index in [2.05, 4.69) is 31.3 Å². The van der Waals surface area contributed by atoms with E-state index in [9.17, 15) is 17.6 Å². The van der Waals surface area contributed by atoms with Gasteiger partial charge in [-0.3, -0.25) is 9.97 Å². The molecule has 2 unspecified atom stereocenters. The first-order valence-electron chi connectivity index (χ1n) is 7.68. The molecule has 180 valence electrons. The lowest BCUT2D eigenvalue weighted by atomic mass is 10.2. The van der Waals surface area contributed by atoms with Crippen LogP contribution in [-0.4, -0.2) is 19.3 Å². The van der Waals surface area contributed by atoms with Crippen molar-refractivity contribution >= 4 is 65.4 Å². The Morgan fingerprint density at radius 1 is 0.935 bits per heavy atom. The minimum Gasteiger partial charge on any atom is -0.389 e. The highest BCUT2D eigenvalue weighted by Crippen LogP contribution is 2.32. The zero-order valence-corrected chi connectivity index (χ0v) is 19.8. The van der Waals surface area contributed by atoms with Gasteiger partial charge >= 0.3 is 10.8 Å². The van der Waals surface area contributed by atoms with Gasteiger partial charge < -0.3 is 5.11 Å². The number of pyridine rings is 2. The standard InChI is InChI=1S/C8H7Cl2F2N.C8H8ClF2NO.CH4.Cl2OS.H2/c1-5(9)6-2-3-7(13-4-6)8(10,11)12;1-5(13)6-2-3-7(12-4-6)8(9,10)11;;1-4(2)3;/h2-5H,1H3;2-5,13H,1H3;1H4;;1H/i;;;;1+1. The van der Waals surface area contributed by atoms with E-state index < -0.39 is 37.5 Å². The minimum absolute atomic E-state index is 0. The summed E-state index contributed by atoms with van der Waals surface area (Å²) in [4.78, 5) is 6.93. The maximum atomic E-state index is 12.5. The maximum absolute atomic E-state index is 12.5. The lowest BCUT2D eigenvalue weighted by Crippen LogP contribution is -2.06. The van der Waals surface area contributed by atoms with Gasteiger partial charge in [-0.25, -0.2) is 4.21 Å². The summed E-state index contributed by atoms with van der Waals surface area (Å²) in [5.41, 5.74) is 0.185. The fourth-order valence-corrected chi connectivity index (χ4v) is 1.98. The average Bonchev–Trinajstić information content (AvgIpc) is 2.60. The molecule has 2 aromatic rings. The Labute approximate surface area is 205 Å². The molecule has 0 amide bonds. The smallest absolute Gasteiger partial charge is 0.364 e. The Bertz CT molecular complexity index is 728. The molecule has 1 N–H and O–H groups in total. The Balaban J connectivity index is -0.000000428. The van der Waals surface area contributed by atoms with Gasteiger partial charge in [0, 0.05) is 35.2 Å². The maximum Gasteiger partial charge on any atom is 0.364 e. The number of hydrogen-bond donors (Lipinski definition) is 1. The third kappa shape index (κ3) is 14.4. The van der Waals surface area contributed by atoms with Crippen molar-refractivity contribution in [2.45, 2.75) is 43.5 Å². The SMILES string of the molecule is C.CC(Cl)c1ccc(C(F)(F)Cl)nc1.CC(O)c1ccc(C(F)(F)Cl)nc1.O=S(Cl)Cl.[2HH]. The normalized spacial score (nSPS) is 13.1. The number of alkyl halides is 7. The fraction of sp³-hybridized carbons (Fsp3) is 0.412. The number of halogens is 9. The second-order valence-electron chi connectivity index (χ2n) is 5.43. The van der Waals surface area contributed by atoms with E-state index in [4.69, 9.17) is 44.1 Å². The van der Waals surface area contributed by atoms with Gasteiger partial charge in [0.25, 0.3) is 0 Å². The van der Waals surface area contributed by atoms with Crippen LogP contribution >= 0.6 is 56.2 Å². The Morgan fingerprint density at radius 2 is 1.26 bits per heavy atom. The Morgan fingerprint density at radius 3 is 1.45 bits per heavy atom. The molecular weight excluding hydrogens is 550 g/mol. The first kappa shape index (κ1) is 32.8. The second kappa shape index (κ2) is 14.7. The molecule has 0 aromatic carbocycles. The van der Waals surface area contributed by atoms with Crippen LogP contribution in [0.1, 0.15) is 56.7 Å². The summed E-state index contributed by atoms with van der Waals surface area (Å²) in [7, 11) is 7.36. The van der Waals surface area contributed by atoms with Crippen LogP contribution < -0.4 is 0 Å². The molecule has 2 rings (SSSR count). The van der Waals surface area contributed by atoms with E-state index in [0.29, 0.717) is 11.1 Å². The molecule has 0 fully saturated rings. The van der Waals surface area contributed by atoms with E-state index in [1.165, 1.54) is 37.5 Å². The number of rotatable bonds is 4. The monoisotopic (exact) mass is 569 g/mol. The zero-order chi connectivity index (χ0) is 23.7. The molecule has 2 aromatic heterocycles. The van der Waals surface area contributed by atoms with Crippen LogP contribution in [0.2, 0.25) is 0 Å². The van der Waals surface area contributed by atoms with Gasteiger partial charge in [-0.2, -0.15) is 17.6 Å². The predicted molar refractivity (Wildman–Crippen MR) is 122 cm³/mol. The van der Waals surface area contributed by atoms with Gasteiger partial charge in [0.05, 0.1) is 11.5 Å². The van der Waals surface area contributed by atoms with Crippen molar-refractivity contribution in [3.63, 3.8) is 0 Å². The molecule has 0 saturated carbocycles. The topological polar surface area (TPSA) is 63.1 Å². The summed E-state index contributed by atoms with van der Waals surface area (Å²) < 4.78 is 58.9. The first-order valence-corrected chi connectivity index (χ1v) is 11.7. The van der Waals surface area contributed by atoms with Gasteiger partial charge in [-0.1, -0.05) is 19.6 Å². The van der Waals surface area contributed by atoms with Crippen LogP contribution in [0.4, 0.5) is 17.6 Å². The summed E-state index contributed by atoms with van der Waals surface area (Å²) in [6, 6.07) is 5.11. The van der Waals surface area contributed by atoms with Crippen molar-refractivity contribution in [2.24, 2.45) is 0 Å². The summed E-state index contributed by atoms with van der Waals surface area (Å²) in [6.45, 7) is 3.26. The van der Waals surface area contributed by atoms with Crippen LogP contribution in [0.5, 0.6) is 0 Å². The van der Waals surface area contributed by atoms with E-state index in [1.54, 1.807) is 6.92 Å². The molecular formula is C17H21Cl5F4N2O2S. The lowest BCUT2D eigenvalue weighted by Gasteiger charge is -2.08. The third-order valence-electron chi connectivity index (χ3n) is 3.10. The van der Waals surface area contributed by atoms with Crippen molar-refractivity contribution in [1.82, 2.24) is 9.97 Å². The molecule has 2 heterocycles. The summed E-state index contributed by atoms with van der Waals surface area (Å²) in [5, 5.41) is 1.96. The minimum atomic E-state index is -3.45. The van der Waals surface area contributed by atoms with Gasteiger partial charge in [-0.15, -0.1) is 11.6 Å². The van der Waals surface area contributed by atoms with Crippen molar-refractivity contribution in [1.29, 1.82) is 0 Å². The zero-order valence-electron chi connectivity index (χ0n) is 15.2. The first-order chi connectivity index (χ1) is 13.6. The summed E-state index contributed by atoms with van der Waals surface area (Å²) >= 11 is 15.2. The van der Waals surface area contributed by atoms with Crippen molar-refractivity contribution in [2.75, 3.05) is 0 Å². The average molecular weight is 572 g/mol. The highest BCUT2D eigenvalue weighted by Gasteiger charge is 2.30. The van der Waals surface area contributed by atoms with Gasteiger partial charge in [0.2, 0.25) is 9.23 Å². The summed E-state index contributed by atoms with van der Waals surface area (Å²) in [5.74, 6) is 0. The number of nitrogens with zero attached hydrogens (tertiary/aromatic N) is 2. The molecule has 0 radical (unpaired) electrons. The summed E-state index contributed by atoms with van der Waals surface area (Å²) in [6.07, 6.45) is 1.75. The molecule has 0 saturated heterocycles. The van der Waals surface area contributed by atoms with Crippen LogP contribution in [0.15, 0.2) is 36.7 Å². The highest BCUT2D eigenvalue weighted by atomic mass is 36.0. The number of hydrogen-bond acceptors (Lipinski definition) is 4. The Kier molecular flexibility index (Phi) is 15.5. The van der Waals surface area contributed by atoms with Crippen molar-refractivity contribution < 1.29 is 28.3 Å². The van der Waals surface area contributed by atoms with Crippen LogP contribution in [0, 0.1) is 0 Å². The molecule has 0 aliphatic carbocycles. The molecule has 4 nitrogen and oxygen atoms in total. The fourth-order valence-electron chi connectivity index (χ4n) is 1.63. The van der Waals surface area contributed by atoms with E-state index >= 15 is 0 Å². The molecule has 0 aliphatic rings. The van der Waals surface area contributed by atoms with Crippen LogP contribution in [-0.2, 0) is 20.0 Å². The molecule has 31 heavy (non-hydrogen) atoms. The number of aliphatic hydroxyl groups is 1. The molecule has 0 aliphatic heterocycles. The molecule has 14 heteroatoms. The molecule has 0 spiro atoms. The predicted octanol–water partition coefficient (Wildman–Crippen LogP) is 8.02.